The molecule has 0 spiro atoms. The summed E-state index contributed by atoms with van der Waals surface area (Å²) in [5.41, 5.74) is 6.31. The van der Waals surface area contributed by atoms with Gasteiger partial charge in [0.1, 0.15) is 12.4 Å². The highest BCUT2D eigenvalue weighted by Crippen LogP contribution is 2.27. The maximum atomic E-state index is 12.9. The van der Waals surface area contributed by atoms with Crippen molar-refractivity contribution in [3.63, 3.8) is 0 Å². The maximum Gasteiger partial charge on any atom is 0.266 e. The molecule has 1 aliphatic heterocycles. The maximum absolute atomic E-state index is 12.9. The first-order valence-electron chi connectivity index (χ1n) is 10.0. The van der Waals surface area contributed by atoms with E-state index in [1.165, 1.54) is 0 Å². The van der Waals surface area contributed by atoms with Crippen LogP contribution in [0.4, 0.5) is 0 Å². The van der Waals surface area contributed by atoms with Crippen LogP contribution in [0.3, 0.4) is 0 Å². The number of hydrazine groups is 1. The van der Waals surface area contributed by atoms with E-state index in [4.69, 9.17) is 26.2 Å². The molecule has 1 amide bonds. The topological polar surface area (TPSA) is 92.2 Å². The van der Waals surface area contributed by atoms with Crippen LogP contribution in [-0.2, 0) is 16.1 Å². The molecular formula is C23H26ClN3O4. The van der Waals surface area contributed by atoms with E-state index in [0.29, 0.717) is 42.7 Å². The number of nitrogens with one attached hydrogen (secondary N) is 2. The minimum Gasteiger partial charge on any atom is -0.494 e. The predicted molar refractivity (Wildman–Crippen MR) is 120 cm³/mol. The Bertz CT molecular complexity index is 915. The number of aliphatic hydroxyl groups is 1. The summed E-state index contributed by atoms with van der Waals surface area (Å²) in [6.07, 6.45) is 2.57. The lowest BCUT2D eigenvalue weighted by atomic mass is 9.97. The molecule has 0 saturated heterocycles. The first-order chi connectivity index (χ1) is 15.1. The predicted octanol–water partition coefficient (Wildman–Crippen LogP) is 3.01. The third kappa shape index (κ3) is 6.07. The largest absolute Gasteiger partial charge is 0.494 e. The standard InChI is InChI=1S/C23H26ClN3O4/c1-2-12-23(22(29)27-25-15-17-4-8-19(24)9-5-17)16-31-21(26-23)18-6-10-20(11-7-18)30-14-3-13-28/h2,4-11,25,28H,1,3,12-16H2,(H,27,29)/t23-/m0/s1. The third-order valence-electron chi connectivity index (χ3n) is 4.75. The summed E-state index contributed by atoms with van der Waals surface area (Å²) in [7, 11) is 0. The number of carbonyl (C=O) groups excluding carboxylic acids is 1. The van der Waals surface area contributed by atoms with Gasteiger partial charge >= 0.3 is 0 Å². The van der Waals surface area contributed by atoms with Crippen LogP contribution in [0.5, 0.6) is 5.75 Å². The lowest BCUT2D eigenvalue weighted by Gasteiger charge is -2.21. The van der Waals surface area contributed by atoms with Crippen LogP contribution < -0.4 is 15.6 Å². The number of carbonyl (C=O) groups is 1. The van der Waals surface area contributed by atoms with Gasteiger partial charge in [-0.3, -0.25) is 10.2 Å². The monoisotopic (exact) mass is 443 g/mol. The Kier molecular flexibility index (Phi) is 8.06. The Balaban J connectivity index is 1.63. The number of halogens is 1. The molecule has 1 aliphatic rings. The molecule has 31 heavy (non-hydrogen) atoms. The van der Waals surface area contributed by atoms with Gasteiger partial charge in [-0.05, 0) is 42.0 Å². The van der Waals surface area contributed by atoms with Crippen LogP contribution in [0.1, 0.15) is 24.0 Å². The molecule has 0 fully saturated rings. The Morgan fingerprint density at radius 1 is 1.26 bits per heavy atom. The van der Waals surface area contributed by atoms with Crippen molar-refractivity contribution in [1.82, 2.24) is 10.9 Å². The van der Waals surface area contributed by atoms with Crippen molar-refractivity contribution in [2.45, 2.75) is 24.9 Å². The van der Waals surface area contributed by atoms with E-state index in [2.05, 4.69) is 22.4 Å². The van der Waals surface area contributed by atoms with Crippen molar-refractivity contribution in [3.05, 3.63) is 77.3 Å². The average Bonchev–Trinajstić information content (AvgIpc) is 3.21. The quantitative estimate of drug-likeness (QED) is 0.282. The van der Waals surface area contributed by atoms with Crippen molar-refractivity contribution in [2.24, 2.45) is 4.99 Å². The number of hydrogen-bond acceptors (Lipinski definition) is 6. The Morgan fingerprint density at radius 2 is 2.00 bits per heavy atom. The van der Waals surface area contributed by atoms with Gasteiger partial charge in [0.05, 0.1) is 6.61 Å². The van der Waals surface area contributed by atoms with E-state index in [-0.39, 0.29) is 19.1 Å². The van der Waals surface area contributed by atoms with E-state index in [9.17, 15) is 4.79 Å². The highest BCUT2D eigenvalue weighted by atomic mass is 35.5. The van der Waals surface area contributed by atoms with Gasteiger partial charge in [-0.1, -0.05) is 29.8 Å². The number of ether oxygens (including phenoxy) is 2. The molecule has 0 saturated carbocycles. The molecule has 3 rings (SSSR count). The van der Waals surface area contributed by atoms with Crippen molar-refractivity contribution in [1.29, 1.82) is 0 Å². The lowest BCUT2D eigenvalue weighted by Crippen LogP contribution is -2.51. The Morgan fingerprint density at radius 3 is 2.68 bits per heavy atom. The van der Waals surface area contributed by atoms with Crippen molar-refractivity contribution >= 4 is 23.4 Å². The van der Waals surface area contributed by atoms with Gasteiger partial charge in [0, 0.05) is 36.6 Å². The van der Waals surface area contributed by atoms with Gasteiger partial charge in [-0.2, -0.15) is 0 Å². The summed E-state index contributed by atoms with van der Waals surface area (Å²) in [5.74, 6) is 0.800. The minimum atomic E-state index is -1.08. The first-order valence-corrected chi connectivity index (χ1v) is 10.4. The number of aliphatic imine (C=N–C) groups is 1. The van der Waals surface area contributed by atoms with Gasteiger partial charge in [0.2, 0.25) is 5.90 Å². The summed E-state index contributed by atoms with van der Waals surface area (Å²) in [6, 6.07) is 14.6. The van der Waals surface area contributed by atoms with Gasteiger partial charge in [0.25, 0.3) is 5.91 Å². The van der Waals surface area contributed by atoms with E-state index >= 15 is 0 Å². The number of aliphatic hydroxyl groups excluding tert-OH is 1. The van der Waals surface area contributed by atoms with E-state index in [0.717, 1.165) is 11.1 Å². The number of hydrogen-bond donors (Lipinski definition) is 3. The second-order valence-electron chi connectivity index (χ2n) is 7.11. The summed E-state index contributed by atoms with van der Waals surface area (Å²) in [6.45, 7) is 4.86. The molecule has 164 valence electrons. The van der Waals surface area contributed by atoms with E-state index in [1.807, 2.05) is 24.3 Å². The fourth-order valence-corrected chi connectivity index (χ4v) is 3.17. The van der Waals surface area contributed by atoms with Gasteiger partial charge in [-0.15, -0.1) is 6.58 Å². The fourth-order valence-electron chi connectivity index (χ4n) is 3.04. The van der Waals surface area contributed by atoms with Crippen molar-refractivity contribution < 1.29 is 19.4 Å². The average molecular weight is 444 g/mol. The summed E-state index contributed by atoms with van der Waals surface area (Å²) in [5, 5.41) is 9.49. The zero-order valence-electron chi connectivity index (χ0n) is 17.1. The van der Waals surface area contributed by atoms with Crippen LogP contribution >= 0.6 is 11.6 Å². The van der Waals surface area contributed by atoms with Crippen LogP contribution in [0.2, 0.25) is 5.02 Å². The van der Waals surface area contributed by atoms with Crippen molar-refractivity contribution in [3.8, 4) is 5.75 Å². The second-order valence-corrected chi connectivity index (χ2v) is 7.55. The SMILES string of the molecule is C=CC[C@@]1(C(=O)NNCc2ccc(Cl)cc2)COC(c2ccc(OCCCO)cc2)=N1. The molecule has 0 radical (unpaired) electrons. The van der Waals surface area contributed by atoms with Gasteiger partial charge < -0.3 is 14.6 Å². The molecule has 0 unspecified atom stereocenters. The molecule has 1 atom stereocenters. The van der Waals surface area contributed by atoms with E-state index in [1.54, 1.807) is 30.3 Å². The van der Waals surface area contributed by atoms with Gasteiger partial charge in [-0.25, -0.2) is 10.4 Å². The number of amides is 1. The molecule has 7 nitrogen and oxygen atoms in total. The summed E-state index contributed by atoms with van der Waals surface area (Å²) < 4.78 is 11.3. The normalized spacial score (nSPS) is 17.5. The van der Waals surface area contributed by atoms with Crippen LogP contribution in [0.15, 0.2) is 66.2 Å². The number of nitrogens with zero attached hydrogens (tertiary/aromatic N) is 1. The van der Waals surface area contributed by atoms with Crippen molar-refractivity contribution in [2.75, 3.05) is 19.8 Å². The molecule has 1 heterocycles. The molecule has 0 aromatic heterocycles. The number of benzene rings is 2. The molecule has 2 aromatic rings. The molecule has 0 aliphatic carbocycles. The fraction of sp³-hybridized carbons (Fsp3) is 0.304. The van der Waals surface area contributed by atoms with Crippen LogP contribution in [-0.4, -0.2) is 42.3 Å². The van der Waals surface area contributed by atoms with Crippen LogP contribution in [0, 0.1) is 0 Å². The van der Waals surface area contributed by atoms with E-state index < -0.39 is 5.54 Å². The smallest absolute Gasteiger partial charge is 0.266 e. The zero-order chi connectivity index (χ0) is 22.1. The summed E-state index contributed by atoms with van der Waals surface area (Å²) >= 11 is 5.89. The first kappa shape index (κ1) is 22.8. The molecule has 8 heteroatoms. The zero-order valence-corrected chi connectivity index (χ0v) is 17.9. The highest BCUT2D eigenvalue weighted by molar-refractivity contribution is 6.30. The molecular weight excluding hydrogens is 418 g/mol. The Labute approximate surface area is 186 Å². The number of rotatable bonds is 11. The molecule has 0 bridgehead atoms. The van der Waals surface area contributed by atoms with Gasteiger partial charge in [0.15, 0.2) is 5.54 Å². The second kappa shape index (κ2) is 10.9. The highest BCUT2D eigenvalue weighted by Gasteiger charge is 2.43. The Hall–Kier alpha value is -2.87. The lowest BCUT2D eigenvalue weighted by molar-refractivity contribution is -0.127. The molecule has 3 N–H and O–H groups in total. The summed E-state index contributed by atoms with van der Waals surface area (Å²) in [4.78, 5) is 17.5. The van der Waals surface area contributed by atoms with Crippen LogP contribution in [0.25, 0.3) is 0 Å². The minimum absolute atomic E-state index is 0.0880. The third-order valence-corrected chi connectivity index (χ3v) is 5.00. The molecule has 2 aromatic carbocycles.